The van der Waals surface area contributed by atoms with Crippen LogP contribution >= 0.6 is 12.2 Å². The zero-order chi connectivity index (χ0) is 23.5. The number of rotatable bonds is 8. The van der Waals surface area contributed by atoms with Gasteiger partial charge in [0.2, 0.25) is 0 Å². The van der Waals surface area contributed by atoms with Gasteiger partial charge < -0.3 is 24.4 Å². The van der Waals surface area contributed by atoms with Gasteiger partial charge in [-0.3, -0.25) is 4.98 Å². The molecule has 7 heteroatoms. The number of nitrogens with one attached hydrogen (secondary N) is 1. The lowest BCUT2D eigenvalue weighted by molar-refractivity contribution is 0.292. The summed E-state index contributed by atoms with van der Waals surface area (Å²) in [5.41, 5.74) is 5.82. The van der Waals surface area contributed by atoms with Gasteiger partial charge in [0, 0.05) is 29.8 Å². The van der Waals surface area contributed by atoms with Crippen LogP contribution in [0.25, 0.3) is 5.69 Å². The third-order valence-corrected chi connectivity index (χ3v) is 6.67. The Morgan fingerprint density at radius 1 is 1.12 bits per heavy atom. The molecule has 3 heterocycles. The minimum atomic E-state index is 0.00266. The number of aromatic nitrogens is 2. The van der Waals surface area contributed by atoms with Gasteiger partial charge in [-0.15, -0.1) is 0 Å². The van der Waals surface area contributed by atoms with E-state index in [1.807, 2.05) is 30.5 Å². The van der Waals surface area contributed by atoms with E-state index < -0.39 is 0 Å². The first-order chi connectivity index (χ1) is 15.9. The molecular formula is C26H33N5OS. The Morgan fingerprint density at radius 3 is 2.52 bits per heavy atom. The van der Waals surface area contributed by atoms with Crippen LogP contribution in [-0.4, -0.2) is 58.8 Å². The number of hydrogen-bond donors (Lipinski definition) is 1. The van der Waals surface area contributed by atoms with E-state index in [0.717, 1.165) is 41.8 Å². The maximum Gasteiger partial charge on any atom is 0.170 e. The van der Waals surface area contributed by atoms with Crippen molar-refractivity contribution in [1.29, 1.82) is 0 Å². The Labute approximate surface area is 202 Å². The number of methoxy groups -OCH3 is 1. The van der Waals surface area contributed by atoms with E-state index in [4.69, 9.17) is 17.0 Å². The number of hydrogen-bond acceptors (Lipinski definition) is 4. The first kappa shape index (κ1) is 23.3. The van der Waals surface area contributed by atoms with Crippen LogP contribution < -0.4 is 10.1 Å². The number of nitrogens with zero attached hydrogens (tertiary/aromatic N) is 4. The highest BCUT2D eigenvalue weighted by Crippen LogP contribution is 2.41. The fourth-order valence-electron chi connectivity index (χ4n) is 4.76. The molecule has 0 unspecified atom stereocenters. The lowest BCUT2D eigenvalue weighted by Gasteiger charge is -2.28. The number of thiocarbonyl (C=S) groups is 1. The molecule has 3 aromatic rings. The van der Waals surface area contributed by atoms with Crippen LogP contribution in [0, 0.1) is 13.8 Å². The maximum absolute atomic E-state index is 5.83. The SMILES string of the molecule is COc1ccc(-n2c(C)cc([C@@H]3[C@@H](c4ccccn4)NC(=S)N3CCCN(C)C)c2C)cc1. The van der Waals surface area contributed by atoms with Crippen LogP contribution in [-0.2, 0) is 0 Å². The molecule has 1 aliphatic heterocycles. The van der Waals surface area contributed by atoms with E-state index in [9.17, 15) is 0 Å². The molecule has 1 saturated heterocycles. The normalized spacial score (nSPS) is 18.1. The van der Waals surface area contributed by atoms with Crippen LogP contribution in [0.1, 0.15) is 41.1 Å². The quantitative estimate of drug-likeness (QED) is 0.499. The average molecular weight is 464 g/mol. The second-order valence-electron chi connectivity index (χ2n) is 8.84. The van der Waals surface area contributed by atoms with E-state index in [1.54, 1.807) is 7.11 Å². The molecule has 4 rings (SSSR count). The standard InChI is InChI=1S/C26H33N5OS/c1-18-17-22(19(2)31(18)20-10-12-21(32-5)13-11-20)25-24(23-9-6-7-14-27-23)28-26(33)30(25)16-8-15-29(3)4/h6-7,9-14,17,24-25H,8,15-16H2,1-5H3,(H,28,33)/t24-,25-/m1/s1. The largest absolute Gasteiger partial charge is 0.497 e. The van der Waals surface area contributed by atoms with E-state index in [0.29, 0.717) is 0 Å². The highest BCUT2D eigenvalue weighted by Gasteiger charge is 2.41. The molecule has 33 heavy (non-hydrogen) atoms. The van der Waals surface area contributed by atoms with Crippen molar-refractivity contribution in [3.8, 4) is 11.4 Å². The lowest BCUT2D eigenvalue weighted by Crippen LogP contribution is -2.32. The first-order valence-electron chi connectivity index (χ1n) is 11.4. The van der Waals surface area contributed by atoms with Gasteiger partial charge in [0.05, 0.1) is 24.9 Å². The Morgan fingerprint density at radius 2 is 1.88 bits per heavy atom. The van der Waals surface area contributed by atoms with E-state index in [-0.39, 0.29) is 12.1 Å². The van der Waals surface area contributed by atoms with Crippen LogP contribution in [0.15, 0.2) is 54.7 Å². The van der Waals surface area contributed by atoms with Crippen molar-refractivity contribution in [3.63, 3.8) is 0 Å². The second-order valence-corrected chi connectivity index (χ2v) is 9.22. The van der Waals surface area contributed by atoms with Crippen molar-refractivity contribution >= 4 is 17.3 Å². The van der Waals surface area contributed by atoms with Crippen LogP contribution in [0.3, 0.4) is 0 Å². The van der Waals surface area contributed by atoms with Crippen molar-refractivity contribution in [3.05, 3.63) is 77.4 Å². The zero-order valence-corrected chi connectivity index (χ0v) is 20.9. The van der Waals surface area contributed by atoms with Gasteiger partial charge >= 0.3 is 0 Å². The van der Waals surface area contributed by atoms with Gasteiger partial charge in [-0.1, -0.05) is 6.07 Å². The molecule has 2 atom stereocenters. The molecule has 6 nitrogen and oxygen atoms in total. The summed E-state index contributed by atoms with van der Waals surface area (Å²) in [6.07, 6.45) is 2.89. The molecule has 0 amide bonds. The maximum atomic E-state index is 5.83. The summed E-state index contributed by atoms with van der Waals surface area (Å²) in [6, 6.07) is 16.7. The third kappa shape index (κ3) is 4.75. The summed E-state index contributed by atoms with van der Waals surface area (Å²) < 4.78 is 7.66. The van der Waals surface area contributed by atoms with Gasteiger partial charge in [0.15, 0.2) is 5.11 Å². The van der Waals surface area contributed by atoms with E-state index in [2.05, 4.69) is 76.9 Å². The fraction of sp³-hybridized carbons (Fsp3) is 0.385. The Kier molecular flexibility index (Phi) is 7.00. The number of aryl methyl sites for hydroxylation is 1. The van der Waals surface area contributed by atoms with Gasteiger partial charge in [-0.2, -0.15) is 0 Å². The Hall–Kier alpha value is -2.90. The van der Waals surface area contributed by atoms with Crippen molar-refractivity contribution in [2.45, 2.75) is 32.4 Å². The van der Waals surface area contributed by atoms with Crippen LogP contribution in [0.4, 0.5) is 0 Å². The monoisotopic (exact) mass is 463 g/mol. The lowest BCUT2D eigenvalue weighted by atomic mass is 9.96. The van der Waals surface area contributed by atoms with E-state index >= 15 is 0 Å². The predicted octanol–water partition coefficient (Wildman–Crippen LogP) is 4.42. The first-order valence-corrected chi connectivity index (χ1v) is 11.8. The zero-order valence-electron chi connectivity index (χ0n) is 20.1. The van der Waals surface area contributed by atoms with Crippen molar-refractivity contribution in [1.82, 2.24) is 24.7 Å². The van der Waals surface area contributed by atoms with Gasteiger partial charge in [0.25, 0.3) is 0 Å². The number of pyridine rings is 1. The van der Waals surface area contributed by atoms with Crippen LogP contribution in [0.5, 0.6) is 5.75 Å². The summed E-state index contributed by atoms with van der Waals surface area (Å²) in [4.78, 5) is 9.23. The topological polar surface area (TPSA) is 45.6 Å². The molecule has 0 aliphatic carbocycles. The van der Waals surface area contributed by atoms with Gasteiger partial charge in [-0.05, 0) is 101 Å². The average Bonchev–Trinajstić information content (AvgIpc) is 3.29. The molecule has 1 fully saturated rings. The number of ether oxygens (including phenoxy) is 1. The van der Waals surface area contributed by atoms with Gasteiger partial charge in [0.1, 0.15) is 5.75 Å². The summed E-state index contributed by atoms with van der Waals surface area (Å²) in [7, 11) is 5.91. The molecule has 174 valence electrons. The molecule has 2 aromatic heterocycles. The summed E-state index contributed by atoms with van der Waals surface area (Å²) in [5.74, 6) is 0.856. The minimum absolute atomic E-state index is 0.00266. The Balaban J connectivity index is 1.75. The predicted molar refractivity (Wildman–Crippen MR) is 137 cm³/mol. The Bertz CT molecular complexity index is 1090. The summed E-state index contributed by atoms with van der Waals surface area (Å²) in [5, 5.41) is 4.37. The smallest absolute Gasteiger partial charge is 0.170 e. The molecule has 0 bridgehead atoms. The number of benzene rings is 1. The van der Waals surface area contributed by atoms with Crippen LogP contribution in [0.2, 0.25) is 0 Å². The summed E-state index contributed by atoms with van der Waals surface area (Å²) in [6.45, 7) is 6.27. The van der Waals surface area contributed by atoms with E-state index in [1.165, 1.54) is 17.0 Å². The second kappa shape index (κ2) is 9.93. The van der Waals surface area contributed by atoms with Crippen molar-refractivity contribution < 1.29 is 4.74 Å². The fourth-order valence-corrected chi connectivity index (χ4v) is 5.09. The molecule has 0 spiro atoms. The van der Waals surface area contributed by atoms with Crippen molar-refractivity contribution in [2.75, 3.05) is 34.3 Å². The highest BCUT2D eigenvalue weighted by atomic mass is 32.1. The minimum Gasteiger partial charge on any atom is -0.497 e. The molecule has 1 aromatic carbocycles. The molecule has 0 radical (unpaired) electrons. The molecular weight excluding hydrogens is 430 g/mol. The molecule has 0 saturated carbocycles. The van der Waals surface area contributed by atoms with Gasteiger partial charge in [-0.25, -0.2) is 0 Å². The van der Waals surface area contributed by atoms with Crippen molar-refractivity contribution in [2.24, 2.45) is 0 Å². The summed E-state index contributed by atoms with van der Waals surface area (Å²) >= 11 is 5.83. The highest BCUT2D eigenvalue weighted by molar-refractivity contribution is 7.80. The molecule has 1 N–H and O–H groups in total. The molecule has 1 aliphatic rings. The third-order valence-electron chi connectivity index (χ3n) is 6.32.